The summed E-state index contributed by atoms with van der Waals surface area (Å²) in [5.41, 5.74) is 9.38. The molecular formula is C20H18N3O4S-. The molecule has 0 amide bonds. The van der Waals surface area contributed by atoms with Crippen LogP contribution < -0.4 is 11.6 Å². The molecule has 0 saturated heterocycles. The van der Waals surface area contributed by atoms with Gasteiger partial charge in [-0.1, -0.05) is 12.1 Å². The summed E-state index contributed by atoms with van der Waals surface area (Å²) in [5.74, 6) is 5.21. The van der Waals surface area contributed by atoms with Crippen LogP contribution in [0.2, 0.25) is 0 Å². The third kappa shape index (κ3) is 3.35. The number of hydrazine groups is 1. The molecule has 28 heavy (non-hydrogen) atoms. The van der Waals surface area contributed by atoms with E-state index in [1.54, 1.807) is 24.5 Å². The first kappa shape index (κ1) is 18.5. The van der Waals surface area contributed by atoms with E-state index in [0.29, 0.717) is 10.7 Å². The van der Waals surface area contributed by atoms with Gasteiger partial charge in [0.2, 0.25) is 0 Å². The first-order valence-corrected chi connectivity index (χ1v) is 9.36. The van der Waals surface area contributed by atoms with Crippen LogP contribution in [0.1, 0.15) is 22.5 Å². The van der Waals surface area contributed by atoms with Crippen molar-refractivity contribution in [3.63, 3.8) is 0 Å². The summed E-state index contributed by atoms with van der Waals surface area (Å²) in [6.45, 7) is 0. The summed E-state index contributed by atoms with van der Waals surface area (Å²) in [6, 6.07) is 12.2. The van der Waals surface area contributed by atoms with Gasteiger partial charge in [0.05, 0.1) is 18.3 Å². The fourth-order valence-electron chi connectivity index (χ4n) is 3.22. The van der Waals surface area contributed by atoms with Crippen LogP contribution >= 0.6 is 11.3 Å². The van der Waals surface area contributed by atoms with E-state index in [9.17, 15) is 15.4 Å². The van der Waals surface area contributed by atoms with Crippen LogP contribution in [0.15, 0.2) is 64.6 Å². The second-order valence-electron chi connectivity index (χ2n) is 6.49. The zero-order valence-electron chi connectivity index (χ0n) is 14.6. The Labute approximate surface area is 164 Å². The Kier molecular flexibility index (Phi) is 4.80. The zero-order valence-corrected chi connectivity index (χ0v) is 15.5. The summed E-state index contributed by atoms with van der Waals surface area (Å²) in [5, 5.41) is 34.4. The predicted octanol–water partition coefficient (Wildman–Crippen LogP) is 3.99. The number of hydroxylamine groups is 1. The number of phenolic OH excluding ortho intramolecular Hbond substituents is 2. The number of nitrogens with two attached hydrogens (primary N) is 2. The molecule has 0 aliphatic rings. The summed E-state index contributed by atoms with van der Waals surface area (Å²) in [7, 11) is 0. The van der Waals surface area contributed by atoms with Crippen LogP contribution in [-0.4, -0.2) is 15.4 Å². The van der Waals surface area contributed by atoms with Crippen LogP contribution in [0.25, 0.3) is 22.1 Å². The SMILES string of the molecule is NC(c1cc(-c2ccc(O)c(O)c2)cs1)C(c1ccc2occc2c1)N(N)[O-]. The summed E-state index contributed by atoms with van der Waals surface area (Å²) < 4.78 is 5.34. The molecule has 0 aliphatic heterocycles. The number of nitrogens with zero attached hydrogens (tertiary/aromatic N) is 1. The lowest BCUT2D eigenvalue weighted by Gasteiger charge is -2.36. The van der Waals surface area contributed by atoms with Crippen molar-refractivity contribution in [1.29, 1.82) is 0 Å². The summed E-state index contributed by atoms with van der Waals surface area (Å²) >= 11 is 1.40. The molecule has 2 unspecified atom stereocenters. The Bertz CT molecular complexity index is 1120. The van der Waals surface area contributed by atoms with Crippen molar-refractivity contribution >= 4 is 22.3 Å². The van der Waals surface area contributed by atoms with Gasteiger partial charge in [-0.15, -0.1) is 11.3 Å². The zero-order chi connectivity index (χ0) is 19.8. The quantitative estimate of drug-likeness (QED) is 0.228. The van der Waals surface area contributed by atoms with E-state index in [1.165, 1.54) is 23.5 Å². The Morgan fingerprint density at radius 2 is 1.82 bits per heavy atom. The average molecular weight is 396 g/mol. The lowest BCUT2D eigenvalue weighted by molar-refractivity contribution is 0.253. The standard InChI is InChI=1S/C20H18N3O4S/c21-19(18-9-14(10-28-18)11-1-3-15(24)16(25)8-11)20(23(22)26)13-2-4-17-12(7-13)5-6-27-17/h1-10,19-20,24-25H,21-22H2/q-1. The molecule has 0 fully saturated rings. The van der Waals surface area contributed by atoms with Crippen molar-refractivity contribution in [1.82, 2.24) is 5.17 Å². The van der Waals surface area contributed by atoms with E-state index in [2.05, 4.69) is 0 Å². The van der Waals surface area contributed by atoms with Crippen LogP contribution in [-0.2, 0) is 0 Å². The minimum atomic E-state index is -0.779. The van der Waals surface area contributed by atoms with Crippen LogP contribution in [0, 0.1) is 5.21 Å². The largest absolute Gasteiger partial charge is 0.771 e. The van der Waals surface area contributed by atoms with Crippen molar-refractivity contribution < 1.29 is 14.6 Å². The number of fused-ring (bicyclic) bond motifs is 1. The third-order valence-corrected chi connectivity index (χ3v) is 5.72. The van der Waals surface area contributed by atoms with Gasteiger partial charge >= 0.3 is 0 Å². The monoisotopic (exact) mass is 396 g/mol. The molecule has 2 atom stereocenters. The topological polar surface area (TPSA) is 132 Å². The minimum Gasteiger partial charge on any atom is -0.771 e. The van der Waals surface area contributed by atoms with Crippen molar-refractivity contribution in [3.05, 3.63) is 75.8 Å². The van der Waals surface area contributed by atoms with E-state index >= 15 is 0 Å². The number of hydrogen-bond donors (Lipinski definition) is 4. The lowest BCUT2D eigenvalue weighted by Crippen LogP contribution is -2.36. The van der Waals surface area contributed by atoms with E-state index in [1.807, 2.05) is 23.6 Å². The fraction of sp³-hybridized carbons (Fsp3) is 0.100. The molecule has 4 rings (SSSR count). The van der Waals surface area contributed by atoms with Gasteiger partial charge in [-0.3, -0.25) is 5.84 Å². The highest BCUT2D eigenvalue weighted by Crippen LogP contribution is 2.38. The molecule has 0 radical (unpaired) electrons. The Balaban J connectivity index is 1.67. The van der Waals surface area contributed by atoms with Gasteiger partial charge in [-0.05, 0) is 58.5 Å². The maximum atomic E-state index is 12.1. The normalized spacial score (nSPS) is 13.9. The third-order valence-electron chi connectivity index (χ3n) is 4.69. The number of furan rings is 1. The first-order valence-electron chi connectivity index (χ1n) is 8.48. The number of benzene rings is 2. The van der Waals surface area contributed by atoms with E-state index in [-0.39, 0.29) is 11.5 Å². The summed E-state index contributed by atoms with van der Waals surface area (Å²) in [4.78, 5) is 0.770. The van der Waals surface area contributed by atoms with Gasteiger partial charge in [0.25, 0.3) is 0 Å². The molecule has 0 spiro atoms. The van der Waals surface area contributed by atoms with Gasteiger partial charge in [0.1, 0.15) is 5.58 Å². The number of aromatic hydroxyl groups is 2. The van der Waals surface area contributed by atoms with Crippen molar-refractivity contribution in [3.8, 4) is 22.6 Å². The van der Waals surface area contributed by atoms with Crippen molar-refractivity contribution in [2.24, 2.45) is 11.6 Å². The van der Waals surface area contributed by atoms with Crippen LogP contribution in [0.4, 0.5) is 0 Å². The van der Waals surface area contributed by atoms with Crippen LogP contribution in [0.5, 0.6) is 11.5 Å². The average Bonchev–Trinajstić information content (AvgIpc) is 3.32. The van der Waals surface area contributed by atoms with E-state index in [0.717, 1.165) is 27.0 Å². The van der Waals surface area contributed by atoms with Crippen molar-refractivity contribution in [2.45, 2.75) is 12.1 Å². The first-order chi connectivity index (χ1) is 13.4. The van der Waals surface area contributed by atoms with Gasteiger partial charge in [0, 0.05) is 10.3 Å². The highest BCUT2D eigenvalue weighted by Gasteiger charge is 2.24. The Hall–Kier alpha value is -2.88. The molecule has 8 heteroatoms. The van der Waals surface area contributed by atoms with Crippen molar-refractivity contribution in [2.75, 3.05) is 0 Å². The molecule has 0 bridgehead atoms. The fourth-order valence-corrected chi connectivity index (χ4v) is 4.17. The molecule has 2 aromatic heterocycles. The maximum absolute atomic E-state index is 12.1. The van der Waals surface area contributed by atoms with Gasteiger partial charge < -0.3 is 30.7 Å². The number of hydrogen-bond acceptors (Lipinski definition) is 8. The predicted molar refractivity (Wildman–Crippen MR) is 108 cm³/mol. The number of phenols is 2. The molecule has 0 saturated carbocycles. The lowest BCUT2D eigenvalue weighted by atomic mass is 9.97. The molecule has 144 valence electrons. The highest BCUT2D eigenvalue weighted by molar-refractivity contribution is 7.10. The Morgan fingerprint density at radius 3 is 2.57 bits per heavy atom. The number of rotatable bonds is 5. The molecule has 0 aliphatic carbocycles. The smallest absolute Gasteiger partial charge is 0.158 e. The maximum Gasteiger partial charge on any atom is 0.158 e. The molecular weight excluding hydrogens is 378 g/mol. The van der Waals surface area contributed by atoms with E-state index < -0.39 is 12.1 Å². The summed E-state index contributed by atoms with van der Waals surface area (Å²) in [6.07, 6.45) is 1.58. The van der Waals surface area contributed by atoms with Gasteiger partial charge in [-0.2, -0.15) is 0 Å². The minimum absolute atomic E-state index is 0.185. The molecule has 6 N–H and O–H groups in total. The Morgan fingerprint density at radius 1 is 1.00 bits per heavy atom. The molecule has 7 nitrogen and oxygen atoms in total. The van der Waals surface area contributed by atoms with E-state index in [4.69, 9.17) is 16.0 Å². The molecule has 4 aromatic rings. The van der Waals surface area contributed by atoms with Crippen LogP contribution in [0.3, 0.4) is 0 Å². The van der Waals surface area contributed by atoms with Gasteiger partial charge in [0.15, 0.2) is 11.5 Å². The highest BCUT2D eigenvalue weighted by atomic mass is 32.1. The molecule has 2 aromatic carbocycles. The second-order valence-corrected chi connectivity index (χ2v) is 7.43. The second kappa shape index (κ2) is 7.27. The number of thiophene rings is 1. The molecule has 2 heterocycles. The van der Waals surface area contributed by atoms with Gasteiger partial charge in [-0.25, -0.2) is 0 Å².